The molecule has 0 aromatic carbocycles. The van der Waals surface area contributed by atoms with E-state index in [1.807, 2.05) is 11.5 Å². The average molecular weight is 318 g/mol. The molecule has 0 spiro atoms. The van der Waals surface area contributed by atoms with Crippen LogP contribution in [-0.2, 0) is 13.1 Å². The second-order valence-electron chi connectivity index (χ2n) is 5.15. The monoisotopic (exact) mass is 317 g/mol. The summed E-state index contributed by atoms with van der Waals surface area (Å²) >= 11 is 5.88. The van der Waals surface area contributed by atoms with Crippen molar-refractivity contribution in [3.05, 3.63) is 40.8 Å². The van der Waals surface area contributed by atoms with Crippen LogP contribution in [0.4, 0.5) is 0 Å². The molecule has 1 amide bonds. The Bertz CT molecular complexity index is 884. The molecule has 0 radical (unpaired) electrons. The maximum atomic E-state index is 12.6. The highest BCUT2D eigenvalue weighted by atomic mass is 35.5. The van der Waals surface area contributed by atoms with Gasteiger partial charge in [-0.15, -0.1) is 10.2 Å². The fourth-order valence-corrected chi connectivity index (χ4v) is 2.74. The fraction of sp³-hybridized carbons (Fsp3) is 0.308. The van der Waals surface area contributed by atoms with E-state index < -0.39 is 0 Å². The van der Waals surface area contributed by atoms with Crippen molar-refractivity contribution in [1.29, 1.82) is 0 Å². The third-order valence-electron chi connectivity index (χ3n) is 3.73. The van der Waals surface area contributed by atoms with Crippen LogP contribution in [0.25, 0.3) is 5.65 Å². The number of fused-ring (bicyclic) bond motifs is 2. The third kappa shape index (κ3) is 2.03. The van der Waals surface area contributed by atoms with Crippen molar-refractivity contribution in [2.45, 2.75) is 20.0 Å². The van der Waals surface area contributed by atoms with Crippen molar-refractivity contribution in [1.82, 2.24) is 34.3 Å². The van der Waals surface area contributed by atoms with Gasteiger partial charge >= 0.3 is 0 Å². The highest BCUT2D eigenvalue weighted by Gasteiger charge is 2.25. The number of carbonyl (C=O) groups excluding carboxylic acids is 1. The number of aryl methyl sites for hydroxylation is 1. The molecule has 0 bridgehead atoms. The van der Waals surface area contributed by atoms with Gasteiger partial charge < -0.3 is 9.47 Å². The molecule has 0 N–H and O–H groups in total. The van der Waals surface area contributed by atoms with Gasteiger partial charge in [-0.25, -0.2) is 9.50 Å². The Hall–Kier alpha value is -2.48. The molecule has 1 aliphatic heterocycles. The molecule has 3 aromatic rings. The van der Waals surface area contributed by atoms with Crippen LogP contribution < -0.4 is 0 Å². The fourth-order valence-electron chi connectivity index (χ4n) is 2.60. The van der Waals surface area contributed by atoms with Gasteiger partial charge in [0, 0.05) is 25.4 Å². The molecular weight excluding hydrogens is 306 g/mol. The van der Waals surface area contributed by atoms with Gasteiger partial charge in [0.05, 0.1) is 17.8 Å². The number of nitrogens with zero attached hydrogens (tertiary/aromatic N) is 7. The summed E-state index contributed by atoms with van der Waals surface area (Å²) < 4.78 is 3.53. The van der Waals surface area contributed by atoms with Crippen molar-refractivity contribution in [2.75, 3.05) is 6.54 Å². The normalized spacial score (nSPS) is 14.4. The Morgan fingerprint density at radius 1 is 1.32 bits per heavy atom. The molecule has 0 unspecified atom stereocenters. The largest absolute Gasteiger partial charge is 0.328 e. The predicted molar refractivity (Wildman–Crippen MR) is 77.5 cm³/mol. The molecule has 0 fully saturated rings. The third-order valence-corrected chi connectivity index (χ3v) is 3.92. The Morgan fingerprint density at radius 2 is 2.18 bits per heavy atom. The van der Waals surface area contributed by atoms with Crippen LogP contribution in [0.15, 0.2) is 18.5 Å². The maximum absolute atomic E-state index is 12.6. The van der Waals surface area contributed by atoms with Crippen LogP contribution in [-0.4, -0.2) is 46.7 Å². The first-order valence-electron chi connectivity index (χ1n) is 6.81. The van der Waals surface area contributed by atoms with Gasteiger partial charge in [-0.1, -0.05) is 11.6 Å². The van der Waals surface area contributed by atoms with E-state index >= 15 is 0 Å². The molecule has 1 aliphatic rings. The van der Waals surface area contributed by atoms with Crippen LogP contribution in [0, 0.1) is 6.92 Å². The van der Waals surface area contributed by atoms with E-state index in [0.29, 0.717) is 36.0 Å². The summed E-state index contributed by atoms with van der Waals surface area (Å²) in [6.07, 6.45) is 3.15. The second kappa shape index (κ2) is 4.77. The second-order valence-corrected chi connectivity index (χ2v) is 5.58. The van der Waals surface area contributed by atoms with Crippen molar-refractivity contribution in [3.63, 3.8) is 0 Å². The summed E-state index contributed by atoms with van der Waals surface area (Å²) in [7, 11) is 0. The van der Waals surface area contributed by atoms with Crippen molar-refractivity contribution in [3.8, 4) is 0 Å². The summed E-state index contributed by atoms with van der Waals surface area (Å²) in [5.74, 6) is 1.52. The Kier molecular flexibility index (Phi) is 2.86. The highest BCUT2D eigenvalue weighted by molar-refractivity contribution is 6.30. The standard InChI is InChI=1S/C13H12ClN7O/c1-8-16-17-12-7-19(2-3-20(8)12)13(22)10-4-11-15-5-9(14)6-21(11)18-10/h4-6H,2-3,7H2,1H3. The van der Waals surface area contributed by atoms with E-state index in [1.165, 1.54) is 10.7 Å². The summed E-state index contributed by atoms with van der Waals surface area (Å²) in [6, 6.07) is 1.66. The number of halogens is 1. The summed E-state index contributed by atoms with van der Waals surface area (Å²) in [6.45, 7) is 3.64. The van der Waals surface area contributed by atoms with Crippen LogP contribution in [0.1, 0.15) is 22.1 Å². The Morgan fingerprint density at radius 3 is 3.05 bits per heavy atom. The van der Waals surface area contributed by atoms with Crippen molar-refractivity contribution >= 4 is 23.2 Å². The first-order chi connectivity index (χ1) is 10.6. The van der Waals surface area contributed by atoms with E-state index in [0.717, 1.165) is 11.6 Å². The minimum atomic E-state index is -0.145. The van der Waals surface area contributed by atoms with Crippen LogP contribution >= 0.6 is 11.6 Å². The smallest absolute Gasteiger partial charge is 0.274 e. The van der Waals surface area contributed by atoms with Gasteiger partial charge in [-0.2, -0.15) is 5.10 Å². The predicted octanol–water partition coefficient (Wildman–Crippen LogP) is 0.939. The highest BCUT2D eigenvalue weighted by Crippen LogP contribution is 2.16. The molecule has 9 heteroatoms. The first kappa shape index (κ1) is 13.2. The van der Waals surface area contributed by atoms with Crippen LogP contribution in [0.5, 0.6) is 0 Å². The molecular formula is C13H12ClN7O. The van der Waals surface area contributed by atoms with E-state index in [1.54, 1.807) is 17.2 Å². The quantitative estimate of drug-likeness (QED) is 0.667. The maximum Gasteiger partial charge on any atom is 0.274 e. The molecule has 0 aliphatic carbocycles. The minimum absolute atomic E-state index is 0.145. The molecule has 0 atom stereocenters. The first-order valence-corrected chi connectivity index (χ1v) is 7.18. The molecule has 22 heavy (non-hydrogen) atoms. The van der Waals surface area contributed by atoms with Gasteiger partial charge in [0.2, 0.25) is 0 Å². The van der Waals surface area contributed by atoms with Gasteiger partial charge in [0.1, 0.15) is 5.82 Å². The SMILES string of the molecule is Cc1nnc2n1CCN(C(=O)c1cc3ncc(Cl)cn3n1)C2. The molecule has 112 valence electrons. The number of carbonyl (C=O) groups is 1. The van der Waals surface area contributed by atoms with E-state index in [-0.39, 0.29) is 5.91 Å². The van der Waals surface area contributed by atoms with E-state index in [2.05, 4.69) is 20.3 Å². The lowest BCUT2D eigenvalue weighted by atomic mass is 10.3. The molecule has 0 saturated carbocycles. The zero-order chi connectivity index (χ0) is 15.3. The lowest BCUT2D eigenvalue weighted by Gasteiger charge is -2.26. The van der Waals surface area contributed by atoms with E-state index in [9.17, 15) is 4.79 Å². The number of rotatable bonds is 1. The number of amides is 1. The van der Waals surface area contributed by atoms with Crippen molar-refractivity contribution in [2.24, 2.45) is 0 Å². The van der Waals surface area contributed by atoms with Gasteiger partial charge in [0.25, 0.3) is 5.91 Å². The topological polar surface area (TPSA) is 81.2 Å². The number of aromatic nitrogens is 6. The Balaban J connectivity index is 1.63. The summed E-state index contributed by atoms with van der Waals surface area (Å²) in [5, 5.41) is 12.9. The zero-order valence-corrected chi connectivity index (χ0v) is 12.5. The molecule has 4 rings (SSSR count). The van der Waals surface area contributed by atoms with Crippen LogP contribution in [0.3, 0.4) is 0 Å². The summed E-state index contributed by atoms with van der Waals surface area (Å²) in [5.41, 5.74) is 0.934. The minimum Gasteiger partial charge on any atom is -0.328 e. The van der Waals surface area contributed by atoms with Gasteiger partial charge in [-0.3, -0.25) is 4.79 Å². The number of hydrogen-bond acceptors (Lipinski definition) is 5. The average Bonchev–Trinajstić information content (AvgIpc) is 3.09. The Labute approximate surface area is 130 Å². The molecule has 4 heterocycles. The number of hydrogen-bond donors (Lipinski definition) is 0. The lowest BCUT2D eigenvalue weighted by Crippen LogP contribution is -2.38. The zero-order valence-electron chi connectivity index (χ0n) is 11.8. The van der Waals surface area contributed by atoms with E-state index in [4.69, 9.17) is 11.6 Å². The van der Waals surface area contributed by atoms with Gasteiger partial charge in [-0.05, 0) is 6.92 Å². The molecule has 3 aromatic heterocycles. The van der Waals surface area contributed by atoms with Crippen LogP contribution in [0.2, 0.25) is 5.02 Å². The molecule has 0 saturated heterocycles. The summed E-state index contributed by atoms with van der Waals surface area (Å²) in [4.78, 5) is 18.5. The van der Waals surface area contributed by atoms with Gasteiger partial charge in [0.15, 0.2) is 17.2 Å². The lowest BCUT2D eigenvalue weighted by molar-refractivity contribution is 0.0700. The molecule has 8 nitrogen and oxygen atoms in total. The van der Waals surface area contributed by atoms with Crippen molar-refractivity contribution < 1.29 is 4.79 Å².